The Balaban J connectivity index is 3.21. The van der Waals surface area contributed by atoms with Crippen molar-refractivity contribution < 1.29 is 13.0 Å². The van der Waals surface area contributed by atoms with E-state index in [1.807, 2.05) is 0 Å². The zero-order valence-corrected chi connectivity index (χ0v) is 10.2. The van der Waals surface area contributed by atoms with Gasteiger partial charge in [-0.25, -0.2) is 8.42 Å². The van der Waals surface area contributed by atoms with Gasteiger partial charge < -0.3 is 4.57 Å². The van der Waals surface area contributed by atoms with Gasteiger partial charge in [0.1, 0.15) is 7.14 Å². The van der Waals surface area contributed by atoms with Crippen LogP contribution in [0.4, 0.5) is 0 Å². The highest BCUT2D eigenvalue weighted by atomic mass is 35.7. The lowest BCUT2D eigenvalue weighted by molar-refractivity contribution is 0.588. The van der Waals surface area contributed by atoms with E-state index in [1.54, 1.807) is 13.3 Å². The molecule has 1 aromatic carbocycles. The first-order chi connectivity index (χ1) is 6.21. The lowest BCUT2D eigenvalue weighted by atomic mass is 10.4. The van der Waals surface area contributed by atoms with E-state index in [4.69, 9.17) is 10.7 Å². The minimum Gasteiger partial charge on any atom is -0.319 e. The van der Waals surface area contributed by atoms with E-state index in [2.05, 4.69) is 0 Å². The van der Waals surface area contributed by atoms with Gasteiger partial charge in [0.15, 0.2) is 0 Å². The molecule has 6 heteroatoms. The van der Waals surface area contributed by atoms with Crippen LogP contribution in [-0.2, 0) is 13.6 Å². The summed E-state index contributed by atoms with van der Waals surface area (Å²) in [4.78, 5) is 0.0244. The smallest absolute Gasteiger partial charge is 0.261 e. The summed E-state index contributed by atoms with van der Waals surface area (Å²) in [5.41, 5.74) is 0. The summed E-state index contributed by atoms with van der Waals surface area (Å²) in [6.07, 6.45) is 0. The van der Waals surface area contributed by atoms with Gasteiger partial charge >= 0.3 is 0 Å². The van der Waals surface area contributed by atoms with Crippen LogP contribution in [0.1, 0.15) is 0 Å². The van der Waals surface area contributed by atoms with E-state index < -0.39 is 16.2 Å². The van der Waals surface area contributed by atoms with Crippen LogP contribution in [0.25, 0.3) is 0 Å². The Kier molecular flexibility index (Phi) is 3.10. The van der Waals surface area contributed by atoms with Crippen molar-refractivity contribution in [1.82, 2.24) is 0 Å². The van der Waals surface area contributed by atoms with Gasteiger partial charge in [-0.1, -0.05) is 12.1 Å². The molecule has 0 spiro atoms. The van der Waals surface area contributed by atoms with E-state index >= 15 is 0 Å². The van der Waals surface area contributed by atoms with Crippen molar-refractivity contribution in [1.29, 1.82) is 0 Å². The number of hydrogen-bond acceptors (Lipinski definition) is 3. The molecule has 14 heavy (non-hydrogen) atoms. The minimum absolute atomic E-state index is 0.0244. The molecule has 0 aromatic heterocycles. The third-order valence-electron chi connectivity index (χ3n) is 1.74. The molecule has 0 saturated carbocycles. The zero-order chi connectivity index (χ0) is 11.0. The molecule has 1 aromatic rings. The molecule has 0 fully saturated rings. The van der Waals surface area contributed by atoms with Crippen LogP contribution >= 0.6 is 17.8 Å². The Morgan fingerprint density at radius 1 is 1.14 bits per heavy atom. The zero-order valence-electron chi connectivity index (χ0n) is 7.77. The van der Waals surface area contributed by atoms with Crippen molar-refractivity contribution >= 4 is 32.2 Å². The van der Waals surface area contributed by atoms with Gasteiger partial charge in [-0.2, -0.15) is 0 Å². The second-order valence-corrected chi connectivity index (χ2v) is 9.07. The summed E-state index contributed by atoms with van der Waals surface area (Å²) in [6.45, 7) is 3.24. The molecule has 0 unspecified atom stereocenters. The predicted octanol–water partition coefficient (Wildman–Crippen LogP) is 1.86. The van der Waals surface area contributed by atoms with Crippen molar-refractivity contribution in [2.45, 2.75) is 4.90 Å². The first kappa shape index (κ1) is 11.8. The standard InChI is InChI=1S/C8H10ClO3PS/c1-13(2,10)7-3-5-8(6-4-7)14(9,11)12/h3-6H,1-2H3. The molecule has 0 aliphatic heterocycles. The van der Waals surface area contributed by atoms with Crippen LogP contribution < -0.4 is 5.30 Å². The molecule has 78 valence electrons. The van der Waals surface area contributed by atoms with Crippen molar-refractivity contribution in [2.24, 2.45) is 0 Å². The summed E-state index contributed by atoms with van der Waals surface area (Å²) in [7, 11) is -0.882. The van der Waals surface area contributed by atoms with Gasteiger partial charge in [0.05, 0.1) is 4.90 Å². The van der Waals surface area contributed by atoms with Gasteiger partial charge in [-0.15, -0.1) is 0 Å². The SMILES string of the molecule is CP(C)(=O)c1ccc(S(=O)(=O)Cl)cc1. The van der Waals surface area contributed by atoms with Crippen molar-refractivity contribution in [2.75, 3.05) is 13.3 Å². The van der Waals surface area contributed by atoms with Crippen molar-refractivity contribution in [3.05, 3.63) is 24.3 Å². The first-order valence-electron chi connectivity index (χ1n) is 3.81. The van der Waals surface area contributed by atoms with Gasteiger partial charge in [-0.05, 0) is 25.5 Å². The summed E-state index contributed by atoms with van der Waals surface area (Å²) in [5.74, 6) is 0. The molecule has 0 aliphatic carbocycles. The molecule has 0 atom stereocenters. The average molecular weight is 253 g/mol. The third-order valence-corrected chi connectivity index (χ3v) is 4.65. The van der Waals surface area contributed by atoms with E-state index in [1.165, 1.54) is 24.3 Å². The molecular weight excluding hydrogens is 243 g/mol. The first-order valence-corrected chi connectivity index (χ1v) is 8.72. The van der Waals surface area contributed by atoms with E-state index in [0.29, 0.717) is 5.30 Å². The summed E-state index contributed by atoms with van der Waals surface area (Å²) in [6, 6.07) is 5.76. The predicted molar refractivity (Wildman–Crippen MR) is 58.6 cm³/mol. The summed E-state index contributed by atoms with van der Waals surface area (Å²) >= 11 is 0. The number of hydrogen-bond donors (Lipinski definition) is 0. The van der Waals surface area contributed by atoms with E-state index in [0.717, 1.165) is 0 Å². The molecule has 0 amide bonds. The maximum Gasteiger partial charge on any atom is 0.261 e. The summed E-state index contributed by atoms with van der Waals surface area (Å²) in [5, 5.41) is 0.640. The fourth-order valence-electron chi connectivity index (χ4n) is 0.968. The molecule has 3 nitrogen and oxygen atoms in total. The maximum atomic E-state index is 11.6. The van der Waals surface area contributed by atoms with Crippen molar-refractivity contribution in [3.8, 4) is 0 Å². The molecule has 0 bridgehead atoms. The average Bonchev–Trinajstić information content (AvgIpc) is 2.01. The van der Waals surface area contributed by atoms with Crippen LogP contribution in [0.5, 0.6) is 0 Å². The quantitative estimate of drug-likeness (QED) is 0.596. The number of benzene rings is 1. The fourth-order valence-corrected chi connectivity index (χ4v) is 2.60. The van der Waals surface area contributed by atoms with Crippen LogP contribution in [0.2, 0.25) is 0 Å². The van der Waals surface area contributed by atoms with Crippen LogP contribution in [0, 0.1) is 0 Å². The molecule has 1 rings (SSSR count). The second kappa shape index (κ2) is 3.69. The minimum atomic E-state index is -3.68. The van der Waals surface area contributed by atoms with Crippen molar-refractivity contribution in [3.63, 3.8) is 0 Å². The number of halogens is 1. The summed E-state index contributed by atoms with van der Waals surface area (Å²) < 4.78 is 33.4. The number of rotatable bonds is 2. The Bertz CT molecular complexity index is 472. The van der Waals surface area contributed by atoms with E-state index in [9.17, 15) is 13.0 Å². The second-order valence-electron chi connectivity index (χ2n) is 3.28. The Labute approximate surface area is 87.9 Å². The molecular formula is C8H10ClO3PS. The fraction of sp³-hybridized carbons (Fsp3) is 0.250. The largest absolute Gasteiger partial charge is 0.319 e. The molecule has 0 N–H and O–H groups in total. The monoisotopic (exact) mass is 252 g/mol. The maximum absolute atomic E-state index is 11.6. The highest BCUT2D eigenvalue weighted by molar-refractivity contribution is 8.13. The highest BCUT2D eigenvalue weighted by Crippen LogP contribution is 2.34. The third kappa shape index (κ3) is 2.84. The lowest BCUT2D eigenvalue weighted by Gasteiger charge is -2.06. The Morgan fingerprint density at radius 3 is 1.86 bits per heavy atom. The molecule has 0 saturated heterocycles. The van der Waals surface area contributed by atoms with Crippen LogP contribution in [0.3, 0.4) is 0 Å². The lowest BCUT2D eigenvalue weighted by Crippen LogP contribution is -2.03. The van der Waals surface area contributed by atoms with Gasteiger partial charge in [-0.3, -0.25) is 0 Å². The van der Waals surface area contributed by atoms with Gasteiger partial charge in [0.2, 0.25) is 0 Å². The normalized spacial score (nSPS) is 12.8. The van der Waals surface area contributed by atoms with Gasteiger partial charge in [0, 0.05) is 16.0 Å². The molecule has 0 radical (unpaired) electrons. The van der Waals surface area contributed by atoms with E-state index in [-0.39, 0.29) is 4.90 Å². The van der Waals surface area contributed by atoms with Crippen LogP contribution in [0.15, 0.2) is 29.2 Å². The van der Waals surface area contributed by atoms with Gasteiger partial charge in [0.25, 0.3) is 9.05 Å². The Morgan fingerprint density at radius 2 is 1.57 bits per heavy atom. The topological polar surface area (TPSA) is 51.2 Å². The Hall–Kier alpha value is -0.310. The molecule has 0 aliphatic rings. The highest BCUT2D eigenvalue weighted by Gasteiger charge is 2.13. The molecule has 0 heterocycles. The van der Waals surface area contributed by atoms with Crippen LogP contribution in [-0.4, -0.2) is 21.7 Å².